The van der Waals surface area contributed by atoms with Crippen LogP contribution in [-0.2, 0) is 67.0 Å². The molecule has 1 rings (SSSR count). The van der Waals surface area contributed by atoms with Crippen LogP contribution in [0.25, 0.3) is 0 Å². The maximum Gasteiger partial charge on any atom is 0.245 e. The summed E-state index contributed by atoms with van der Waals surface area (Å²) in [6.45, 7) is 6.34. The van der Waals surface area contributed by atoms with Gasteiger partial charge in [-0.2, -0.15) is 12.6 Å². The molecule has 38 N–H and O–H groups in total. The van der Waals surface area contributed by atoms with Crippen molar-refractivity contribution in [1.29, 1.82) is 0 Å². The molecule has 1 aliphatic rings. The van der Waals surface area contributed by atoms with Crippen molar-refractivity contribution in [3.63, 3.8) is 0 Å². The number of rotatable bonds is 68. The van der Waals surface area contributed by atoms with Crippen LogP contribution in [0.4, 0.5) is 0 Å². The van der Waals surface area contributed by atoms with Crippen LogP contribution < -0.4 is 124 Å². The number of carbonyl (C=O) groups excluding carboxylic acids is 12. The molecule has 1 aliphatic heterocycles. The van der Waals surface area contributed by atoms with Gasteiger partial charge in [-0.15, -0.1) is 0 Å². The number of aliphatic imine (C=N–C) groups is 8. The van der Waals surface area contributed by atoms with E-state index >= 15 is 28.8 Å². The van der Waals surface area contributed by atoms with Crippen LogP contribution in [0.3, 0.4) is 0 Å². The number of Topliss-reactive ketones (excluding diaryl/α,β-unsaturated/α-hetero) is 5. The summed E-state index contributed by atoms with van der Waals surface area (Å²) >= 11 is 4.32. The van der Waals surface area contributed by atoms with Gasteiger partial charge in [-0.1, -0.05) is 20.8 Å². The normalized spacial score (nSPS) is 14.7. The van der Waals surface area contributed by atoms with Gasteiger partial charge in [0.2, 0.25) is 41.4 Å². The summed E-state index contributed by atoms with van der Waals surface area (Å²) < 4.78 is 10.4. The Kier molecular flexibility index (Phi) is 55.6. The van der Waals surface area contributed by atoms with Gasteiger partial charge < -0.3 is 138 Å². The summed E-state index contributed by atoms with van der Waals surface area (Å²) in [5.41, 5.74) is 90.7. The van der Waals surface area contributed by atoms with Crippen molar-refractivity contribution in [2.45, 2.75) is 230 Å². The Hall–Kier alpha value is -10.9. The fourth-order valence-corrected chi connectivity index (χ4v) is 13.5. The zero-order valence-electron chi connectivity index (χ0n) is 70.9. The van der Waals surface area contributed by atoms with Crippen LogP contribution in [0, 0.1) is 29.6 Å². The zero-order chi connectivity index (χ0) is 90.9. The van der Waals surface area contributed by atoms with Crippen molar-refractivity contribution in [1.82, 2.24) is 36.8 Å². The lowest BCUT2D eigenvalue weighted by atomic mass is 9.88. The number of ether oxygens (including phenoxy) is 2. The van der Waals surface area contributed by atoms with Gasteiger partial charge in [0.05, 0.1) is 50.0 Å². The van der Waals surface area contributed by atoms with E-state index in [4.69, 9.17) is 101 Å². The average Bonchev–Trinajstić information content (AvgIpc) is 1.78. The van der Waals surface area contributed by atoms with Crippen molar-refractivity contribution in [3.8, 4) is 0 Å². The number of likely N-dealkylation sites (tertiary alicyclic amines) is 1. The first-order valence-corrected chi connectivity index (χ1v) is 41.8. The fraction of sp³-hybridized carbons (Fsp3) is 0.733. The Bertz CT molecular complexity index is 3490. The third-order valence-electron chi connectivity index (χ3n) is 19.4. The summed E-state index contributed by atoms with van der Waals surface area (Å²) in [5, 5.41) is 16.8. The molecular formula is C75H141N31O14S. The van der Waals surface area contributed by atoms with Gasteiger partial charge in [-0.3, -0.25) is 97.5 Å². The van der Waals surface area contributed by atoms with Crippen LogP contribution in [-0.4, -0.2) is 257 Å². The van der Waals surface area contributed by atoms with Gasteiger partial charge in [0.25, 0.3) is 0 Å². The lowest BCUT2D eigenvalue weighted by molar-refractivity contribution is -0.143. The number of amides is 7. The van der Waals surface area contributed by atoms with Crippen LogP contribution in [0.2, 0.25) is 0 Å². The molecule has 0 aromatic rings. The molecule has 0 unspecified atom stereocenters. The molecule has 1 fully saturated rings. The molecule has 1 heterocycles. The number of nitrogens with zero attached hydrogens (tertiary/aromatic N) is 9. The van der Waals surface area contributed by atoms with Crippen molar-refractivity contribution >= 4 is 131 Å². The molecule has 0 aromatic carbocycles. The monoisotopic (exact) mass is 1730 g/mol. The molecule has 46 heteroatoms. The third-order valence-corrected chi connectivity index (χ3v) is 19.7. The van der Waals surface area contributed by atoms with E-state index in [-0.39, 0.29) is 259 Å². The van der Waals surface area contributed by atoms with E-state index in [1.165, 1.54) is 12.0 Å². The van der Waals surface area contributed by atoms with E-state index in [2.05, 4.69) is 84.5 Å². The van der Waals surface area contributed by atoms with Gasteiger partial charge >= 0.3 is 0 Å². The SMILES string of the molecule is CCCC(=O)[C@H](CC(C)C)NC(=O)[C@@H]1CCCN1C(=O)[C@@H](CCCN=C(N)N)NC(=O)[C@@H](CCCN=C(N)N)CC(=O)[C@@H](CCCN=C(N)N)NC(=O)[C@@H](CCCN=C(N)N)CC(=O)[C@@H](CCCN=C(N)N)NC(=O)[C@@H](CCCN=C(N)N)CC(=O)[C@@H](CCCN=C(N)N)NC(=O)[C@@H](CCCN=C(N)N)CC(=O)[C@@H](CS)NC(=O)CCOCCOC. The van der Waals surface area contributed by atoms with Crippen LogP contribution >= 0.6 is 12.6 Å². The summed E-state index contributed by atoms with van der Waals surface area (Å²) in [4.78, 5) is 209. The van der Waals surface area contributed by atoms with Crippen LogP contribution in [0.1, 0.15) is 188 Å². The predicted octanol–water partition coefficient (Wildman–Crippen LogP) is -5.99. The minimum Gasteiger partial charge on any atom is -0.382 e. The first kappa shape index (κ1) is 108. The van der Waals surface area contributed by atoms with Crippen molar-refractivity contribution in [2.24, 2.45) is 161 Å². The largest absolute Gasteiger partial charge is 0.382 e. The molecule has 0 bridgehead atoms. The molecule has 0 aliphatic carbocycles. The highest BCUT2D eigenvalue weighted by molar-refractivity contribution is 7.80. The first-order valence-electron chi connectivity index (χ1n) is 41.2. The highest BCUT2D eigenvalue weighted by Crippen LogP contribution is 2.26. The average molecular weight is 1730 g/mol. The predicted molar refractivity (Wildman–Crippen MR) is 469 cm³/mol. The standard InChI is InChI=1S/C75H141N31O14S/c1-5-15-56(107)53(38-44(2)3)105-66(117)55-24-14-34-106(55)67(118)52(23-13-33-99-75(90)91)104-65(116)47(18-8-28-94-70(80)81)41-59(110)51(22-12-32-98-74(88)89)102-63(114)45(16-6-26-92-68(76)77)39-57(108)49(20-10-30-96-72(84)85)101-62(113)46(17-7-27-93-69(78)79)40-58(109)50(21-11-31-97-73(86)87)103-64(115)48(19-9-29-95-71(82)83)42-60(111)54(43-121)100-61(112)25-35-120-37-36-119-4/h44-55,121H,5-43H2,1-4H3,(H,100,112)(H,101,113)(H,102,114)(H,103,115)(H,104,116)(H,105,117)(H4,76,77,92)(H4,78,79,93)(H4,80,81,94)(H4,82,83,95)(H4,84,85,96)(H4,86,87,97)(H4,88,89,98)(H4,90,91,99)/t45-,46-,47-,48-,49+,50+,51+,52+,53-,54+,55-/m0/s1. The maximum atomic E-state index is 15.2. The lowest BCUT2D eigenvalue weighted by Crippen LogP contribution is -2.56. The van der Waals surface area contributed by atoms with E-state index in [1.54, 1.807) is 0 Å². The topological polar surface area (TPSA) is 814 Å². The summed E-state index contributed by atoms with van der Waals surface area (Å²) in [6, 6.07) is -8.47. The smallest absolute Gasteiger partial charge is 0.245 e. The number of hydrogen-bond donors (Lipinski definition) is 23. The van der Waals surface area contributed by atoms with Gasteiger partial charge in [0.1, 0.15) is 12.1 Å². The second-order valence-electron chi connectivity index (χ2n) is 30.1. The minimum absolute atomic E-state index is 0.00421. The number of methoxy groups -OCH3 is 1. The van der Waals surface area contributed by atoms with Crippen LogP contribution in [0.15, 0.2) is 39.9 Å². The number of guanidine groups is 8. The fourth-order valence-electron chi connectivity index (χ4n) is 13.2. The molecule has 686 valence electrons. The Labute approximate surface area is 714 Å². The number of carbonyl (C=O) groups is 12. The van der Waals surface area contributed by atoms with Gasteiger partial charge in [-0.25, -0.2) is 0 Å². The van der Waals surface area contributed by atoms with Gasteiger partial charge in [0.15, 0.2) is 76.6 Å². The van der Waals surface area contributed by atoms with E-state index in [9.17, 15) is 28.8 Å². The van der Waals surface area contributed by atoms with E-state index in [0.717, 1.165) is 0 Å². The Morgan fingerprint density at radius 2 is 0.686 bits per heavy atom. The molecule has 7 amide bonds. The first-order chi connectivity index (χ1) is 57.3. The number of nitrogens with two attached hydrogens (primary N) is 16. The van der Waals surface area contributed by atoms with E-state index in [1.807, 2.05) is 20.8 Å². The molecule has 1 saturated heterocycles. The number of thiol groups is 1. The number of ketones is 5. The molecular weight excluding hydrogens is 1590 g/mol. The summed E-state index contributed by atoms with van der Waals surface area (Å²) in [7, 11) is 1.49. The molecule has 11 atom stereocenters. The second-order valence-corrected chi connectivity index (χ2v) is 30.4. The number of hydrogen-bond acceptors (Lipinski definition) is 23. The Balaban J connectivity index is 4.15. The highest BCUT2D eigenvalue weighted by Gasteiger charge is 2.41. The molecule has 0 radical (unpaired) electrons. The summed E-state index contributed by atoms with van der Waals surface area (Å²) in [6.07, 6.45) is -0.238. The molecule has 45 nitrogen and oxygen atoms in total. The third kappa shape index (κ3) is 49.4. The van der Waals surface area contributed by atoms with Gasteiger partial charge in [-0.05, 0) is 134 Å². The lowest BCUT2D eigenvalue weighted by Gasteiger charge is -2.31. The zero-order valence-corrected chi connectivity index (χ0v) is 71.8. The van der Waals surface area contributed by atoms with E-state index in [0.29, 0.717) is 25.9 Å². The maximum absolute atomic E-state index is 15.2. The van der Waals surface area contributed by atoms with Crippen LogP contribution in [0.5, 0.6) is 0 Å². The van der Waals surface area contributed by atoms with Crippen molar-refractivity contribution in [2.75, 3.05) is 91.6 Å². The highest BCUT2D eigenvalue weighted by atomic mass is 32.1. The summed E-state index contributed by atoms with van der Waals surface area (Å²) in [5.74, 6) is -14.8. The Morgan fingerprint density at radius 3 is 0.983 bits per heavy atom. The molecule has 0 spiro atoms. The Morgan fingerprint density at radius 1 is 0.380 bits per heavy atom. The van der Waals surface area contributed by atoms with E-state index < -0.39 is 156 Å². The second kappa shape index (κ2) is 62.2. The van der Waals surface area contributed by atoms with Crippen molar-refractivity contribution in [3.05, 3.63) is 0 Å². The molecule has 0 aromatic heterocycles. The molecule has 121 heavy (non-hydrogen) atoms. The van der Waals surface area contributed by atoms with Gasteiger partial charge in [0, 0.05) is 134 Å². The molecule has 0 saturated carbocycles. The quantitative estimate of drug-likeness (QED) is 0.0117. The van der Waals surface area contributed by atoms with Crippen molar-refractivity contribution < 1.29 is 67.0 Å². The minimum atomic E-state index is -1.44. The number of nitrogens with one attached hydrogen (secondary N) is 6.